The lowest BCUT2D eigenvalue weighted by Crippen LogP contribution is -2.36. The molecule has 1 saturated carbocycles. The van der Waals surface area contributed by atoms with Gasteiger partial charge in [-0.3, -0.25) is 4.90 Å². The number of aryl methyl sites for hydroxylation is 1. The summed E-state index contributed by atoms with van der Waals surface area (Å²) >= 11 is 0. The molecule has 1 heterocycles. The zero-order valence-corrected chi connectivity index (χ0v) is 18.8. The molecule has 0 bridgehead atoms. The minimum atomic E-state index is -4.75. The van der Waals surface area contributed by atoms with E-state index in [1.807, 2.05) is 0 Å². The first kappa shape index (κ1) is 14.3. The molecule has 1 saturated heterocycles. The standard InChI is InChI=1S/C28H35F3N2O/c1-3-22-17-24(11-12-25(22)18-33-14-7-15-33)20(2)32-34-19-21-10-13-26(23-8-5-4-6-9-23)27(16-21)28(29,30)31/h10-13,16-17,23H,3-9,14-15,18-19H2,1-2H3/b32-20+/i1D3,2D3,3D2,18D2,23D. The van der Waals surface area contributed by atoms with E-state index in [9.17, 15) is 13.2 Å². The molecule has 3 nitrogen and oxygen atoms in total. The van der Waals surface area contributed by atoms with Crippen molar-refractivity contribution in [3.63, 3.8) is 0 Å². The third-order valence-electron chi connectivity index (χ3n) is 6.18. The topological polar surface area (TPSA) is 24.8 Å². The van der Waals surface area contributed by atoms with Crippen molar-refractivity contribution in [1.82, 2.24) is 4.90 Å². The molecule has 184 valence electrons. The van der Waals surface area contributed by atoms with Crippen LogP contribution in [0.3, 0.4) is 0 Å². The third kappa shape index (κ3) is 6.01. The van der Waals surface area contributed by atoms with Gasteiger partial charge in [0.15, 0.2) is 0 Å². The van der Waals surface area contributed by atoms with Crippen LogP contribution in [0.15, 0.2) is 41.6 Å². The Labute approximate surface area is 216 Å². The molecular formula is C28H35F3N2O. The lowest BCUT2D eigenvalue weighted by atomic mass is 9.81. The van der Waals surface area contributed by atoms with Crippen molar-refractivity contribution in [1.29, 1.82) is 0 Å². The Bertz CT molecular complexity index is 1410. The first-order chi connectivity index (χ1) is 20.6. The maximum Gasteiger partial charge on any atom is 0.416 e. The first-order valence-corrected chi connectivity index (χ1v) is 11.4. The largest absolute Gasteiger partial charge is 0.416 e. The highest BCUT2D eigenvalue weighted by atomic mass is 19.4. The number of hydrogen-bond acceptors (Lipinski definition) is 3. The summed E-state index contributed by atoms with van der Waals surface area (Å²) in [5.74, 6) is -1.37. The number of alkyl halides is 3. The second-order valence-corrected chi connectivity index (χ2v) is 8.59. The molecule has 1 aliphatic carbocycles. The Morgan fingerprint density at radius 2 is 1.94 bits per heavy atom. The Kier molecular flexibility index (Phi) is 4.59. The van der Waals surface area contributed by atoms with Crippen LogP contribution < -0.4 is 0 Å². The molecule has 34 heavy (non-hydrogen) atoms. The molecule has 0 aromatic heterocycles. The van der Waals surface area contributed by atoms with Gasteiger partial charge in [0.25, 0.3) is 0 Å². The van der Waals surface area contributed by atoms with E-state index in [1.165, 1.54) is 23.1 Å². The molecule has 2 fully saturated rings. The fourth-order valence-electron chi connectivity index (χ4n) is 4.19. The summed E-state index contributed by atoms with van der Waals surface area (Å²) in [5, 5.41) is 3.69. The summed E-state index contributed by atoms with van der Waals surface area (Å²) < 4.78 is 132. The van der Waals surface area contributed by atoms with E-state index in [-0.39, 0.29) is 22.3 Å². The van der Waals surface area contributed by atoms with Gasteiger partial charge in [-0.2, -0.15) is 13.2 Å². The first-order valence-electron chi connectivity index (χ1n) is 16.9. The van der Waals surface area contributed by atoms with Gasteiger partial charge in [0, 0.05) is 21.6 Å². The average Bonchev–Trinajstić information content (AvgIpc) is 2.88. The van der Waals surface area contributed by atoms with Crippen molar-refractivity contribution in [3.8, 4) is 0 Å². The molecule has 0 N–H and O–H groups in total. The number of oxime groups is 1. The Balaban J connectivity index is 1.71. The van der Waals surface area contributed by atoms with Gasteiger partial charge in [0.1, 0.15) is 6.61 Å². The van der Waals surface area contributed by atoms with E-state index in [2.05, 4.69) is 5.16 Å². The van der Waals surface area contributed by atoms with Gasteiger partial charge in [-0.1, -0.05) is 55.5 Å². The number of hydrogen-bond donors (Lipinski definition) is 0. The van der Waals surface area contributed by atoms with Gasteiger partial charge >= 0.3 is 6.18 Å². The van der Waals surface area contributed by atoms with Crippen molar-refractivity contribution in [2.24, 2.45) is 5.16 Å². The van der Waals surface area contributed by atoms with Crippen LogP contribution in [0.4, 0.5) is 13.2 Å². The summed E-state index contributed by atoms with van der Waals surface area (Å²) in [6.45, 7) is -8.32. The van der Waals surface area contributed by atoms with Crippen LogP contribution in [0.25, 0.3) is 0 Å². The van der Waals surface area contributed by atoms with Gasteiger partial charge in [0.2, 0.25) is 0 Å². The Hall–Kier alpha value is -2.34. The summed E-state index contributed by atoms with van der Waals surface area (Å²) in [5.41, 5.74) is -2.91. The summed E-state index contributed by atoms with van der Waals surface area (Å²) in [6, 6.07) is 6.72. The minimum Gasteiger partial charge on any atom is -0.391 e. The average molecular weight is 484 g/mol. The Morgan fingerprint density at radius 3 is 2.62 bits per heavy atom. The molecule has 2 aliphatic rings. The number of nitrogens with zero attached hydrogens (tertiary/aromatic N) is 2. The number of halogens is 3. The van der Waals surface area contributed by atoms with E-state index in [4.69, 9.17) is 19.9 Å². The summed E-state index contributed by atoms with van der Waals surface area (Å²) in [7, 11) is 0. The molecule has 0 amide bonds. The SMILES string of the molecule is [2H]C([2H])([2H])/C(=N\OCc1ccc(C2([2H])CCCCC2)c(C(F)(F)F)c1)c1ccc(C([2H])([2H])N2CCC2)c(C([2H])([2H])C([2H])([2H])[2H])c1. The highest BCUT2D eigenvalue weighted by Crippen LogP contribution is 2.41. The van der Waals surface area contributed by atoms with Crippen molar-refractivity contribution in [3.05, 3.63) is 69.8 Å². The van der Waals surface area contributed by atoms with Gasteiger partial charge in [-0.05, 0) is 91.4 Å². The van der Waals surface area contributed by atoms with Gasteiger partial charge in [0.05, 0.1) is 11.3 Å². The lowest BCUT2D eigenvalue weighted by Gasteiger charge is -2.31. The highest BCUT2D eigenvalue weighted by Gasteiger charge is 2.35. The quantitative estimate of drug-likeness (QED) is 0.287. The smallest absolute Gasteiger partial charge is 0.391 e. The van der Waals surface area contributed by atoms with E-state index < -0.39 is 62.1 Å². The maximum absolute atomic E-state index is 14.1. The molecule has 1 aliphatic heterocycles. The van der Waals surface area contributed by atoms with E-state index >= 15 is 0 Å². The van der Waals surface area contributed by atoms with Crippen molar-refractivity contribution in [2.75, 3.05) is 13.1 Å². The lowest BCUT2D eigenvalue weighted by molar-refractivity contribution is -0.138. The fraction of sp³-hybridized carbons (Fsp3) is 0.536. The molecular weight excluding hydrogens is 437 g/mol. The van der Waals surface area contributed by atoms with Gasteiger partial charge in [-0.25, -0.2) is 0 Å². The predicted molar refractivity (Wildman–Crippen MR) is 130 cm³/mol. The molecule has 2 aromatic rings. The van der Waals surface area contributed by atoms with Crippen LogP contribution in [-0.2, 0) is 30.5 Å². The predicted octanol–water partition coefficient (Wildman–Crippen LogP) is 7.46. The molecule has 0 spiro atoms. The zero-order valence-electron chi connectivity index (χ0n) is 29.8. The zero-order chi connectivity index (χ0) is 33.6. The van der Waals surface area contributed by atoms with E-state index in [0.29, 0.717) is 45.2 Å². The third-order valence-corrected chi connectivity index (χ3v) is 6.18. The number of likely N-dealkylation sites (tertiary alicyclic amines) is 1. The molecule has 0 radical (unpaired) electrons. The molecule has 4 rings (SSSR count). The van der Waals surface area contributed by atoms with Crippen molar-refractivity contribution >= 4 is 5.71 Å². The Morgan fingerprint density at radius 1 is 1.12 bits per heavy atom. The molecule has 6 heteroatoms. The monoisotopic (exact) mass is 483 g/mol. The van der Waals surface area contributed by atoms with Gasteiger partial charge < -0.3 is 4.84 Å². The summed E-state index contributed by atoms with van der Waals surface area (Å²) in [4.78, 5) is 6.63. The molecule has 0 unspecified atom stereocenters. The van der Waals surface area contributed by atoms with Crippen LogP contribution in [0.1, 0.15) is 107 Å². The minimum absolute atomic E-state index is 0.0247. The highest BCUT2D eigenvalue weighted by molar-refractivity contribution is 5.98. The maximum atomic E-state index is 14.1. The van der Waals surface area contributed by atoms with Gasteiger partial charge in [-0.15, -0.1) is 0 Å². The normalized spacial score (nSPS) is 25.4. The van der Waals surface area contributed by atoms with E-state index in [0.717, 1.165) is 24.6 Å². The van der Waals surface area contributed by atoms with Crippen molar-refractivity contribution < 1.29 is 33.1 Å². The van der Waals surface area contributed by atoms with Crippen LogP contribution in [0.5, 0.6) is 0 Å². The fourth-order valence-corrected chi connectivity index (χ4v) is 4.19. The van der Waals surface area contributed by atoms with E-state index in [1.54, 1.807) is 0 Å². The van der Waals surface area contributed by atoms with Crippen LogP contribution >= 0.6 is 0 Å². The van der Waals surface area contributed by atoms with Crippen molar-refractivity contribution in [2.45, 2.75) is 83.8 Å². The number of rotatable bonds is 8. The molecule has 0 atom stereocenters. The van der Waals surface area contributed by atoms with Crippen LogP contribution in [0.2, 0.25) is 0 Å². The summed E-state index contributed by atoms with van der Waals surface area (Å²) in [6.07, 6.45) is -4.37. The molecule has 2 aromatic carbocycles. The second-order valence-electron chi connectivity index (χ2n) is 8.59. The van der Waals surface area contributed by atoms with Crippen LogP contribution in [-0.4, -0.2) is 23.7 Å². The number of benzene rings is 2. The van der Waals surface area contributed by atoms with Crippen LogP contribution in [0, 0.1) is 0 Å². The second kappa shape index (κ2) is 10.9.